The molecule has 0 atom stereocenters. The van der Waals surface area contributed by atoms with E-state index in [0.29, 0.717) is 18.7 Å². The fourth-order valence-corrected chi connectivity index (χ4v) is 1.72. The van der Waals surface area contributed by atoms with E-state index in [9.17, 15) is 9.59 Å². The number of aromatic nitrogens is 1. The molecule has 1 aromatic heterocycles. The molecule has 0 aliphatic rings. The second-order valence-electron chi connectivity index (χ2n) is 4.20. The molecule has 0 spiro atoms. The van der Waals surface area contributed by atoms with Crippen molar-refractivity contribution in [1.82, 2.24) is 15.6 Å². The van der Waals surface area contributed by atoms with Gasteiger partial charge in [0.1, 0.15) is 10.3 Å². The van der Waals surface area contributed by atoms with Gasteiger partial charge in [-0.3, -0.25) is 9.59 Å². The average molecular weight is 304 g/mol. The third-order valence-corrected chi connectivity index (χ3v) is 2.65. The Balaban J connectivity index is 2.41. The topological polar surface area (TPSA) is 71.1 Å². The lowest BCUT2D eigenvalue weighted by Gasteiger charge is -2.09. The number of nitrogens with one attached hydrogen (secondary N) is 2. The van der Waals surface area contributed by atoms with Gasteiger partial charge < -0.3 is 10.6 Å². The first-order valence-electron chi connectivity index (χ1n) is 5.79. The Kier molecular flexibility index (Phi) is 6.05. The van der Waals surface area contributed by atoms with Gasteiger partial charge in [-0.05, 0) is 12.1 Å². The van der Waals surface area contributed by atoms with Crippen LogP contribution in [0.4, 0.5) is 0 Å². The summed E-state index contributed by atoms with van der Waals surface area (Å²) in [7, 11) is 0. The highest BCUT2D eigenvalue weighted by Gasteiger charge is 2.09. The van der Waals surface area contributed by atoms with Crippen molar-refractivity contribution in [1.29, 1.82) is 0 Å². The minimum absolute atomic E-state index is 0.0516. The molecule has 0 saturated heterocycles. The van der Waals surface area contributed by atoms with E-state index in [2.05, 4.69) is 15.6 Å². The second kappa shape index (κ2) is 7.31. The number of rotatable bonds is 5. The molecular formula is C12H15Cl2N3O2. The van der Waals surface area contributed by atoms with Gasteiger partial charge in [0.05, 0.1) is 0 Å². The summed E-state index contributed by atoms with van der Waals surface area (Å²) in [4.78, 5) is 26.8. The minimum atomic E-state index is -0.315. The Hall–Kier alpha value is -1.33. The molecule has 0 fully saturated rings. The summed E-state index contributed by atoms with van der Waals surface area (Å²) < 4.78 is 0. The lowest BCUT2D eigenvalue weighted by atomic mass is 10.2. The summed E-state index contributed by atoms with van der Waals surface area (Å²) in [5.41, 5.74) is 0.334. The number of carbonyl (C=O) groups excluding carboxylic acids is 2. The van der Waals surface area contributed by atoms with Crippen LogP contribution in [-0.2, 0) is 4.79 Å². The summed E-state index contributed by atoms with van der Waals surface area (Å²) in [6.07, 6.45) is 0. The van der Waals surface area contributed by atoms with Gasteiger partial charge in [0.25, 0.3) is 5.91 Å². The van der Waals surface area contributed by atoms with E-state index in [1.807, 2.05) is 0 Å². The number of nitrogens with zero attached hydrogens (tertiary/aromatic N) is 1. The largest absolute Gasteiger partial charge is 0.354 e. The molecule has 1 rings (SSSR count). The van der Waals surface area contributed by atoms with Crippen molar-refractivity contribution in [2.75, 3.05) is 13.1 Å². The van der Waals surface area contributed by atoms with Crippen molar-refractivity contribution in [3.63, 3.8) is 0 Å². The van der Waals surface area contributed by atoms with Crippen molar-refractivity contribution in [2.45, 2.75) is 13.8 Å². The van der Waals surface area contributed by atoms with Crippen molar-refractivity contribution in [2.24, 2.45) is 5.92 Å². The monoisotopic (exact) mass is 303 g/mol. The highest BCUT2D eigenvalue weighted by Crippen LogP contribution is 2.14. The van der Waals surface area contributed by atoms with E-state index >= 15 is 0 Å². The molecule has 19 heavy (non-hydrogen) atoms. The van der Waals surface area contributed by atoms with Crippen molar-refractivity contribution >= 4 is 35.0 Å². The molecule has 104 valence electrons. The molecule has 0 saturated carbocycles. The van der Waals surface area contributed by atoms with Gasteiger partial charge in [-0.1, -0.05) is 37.0 Å². The minimum Gasteiger partial charge on any atom is -0.354 e. The summed E-state index contributed by atoms with van der Waals surface area (Å²) in [5, 5.41) is 5.66. The van der Waals surface area contributed by atoms with Gasteiger partial charge in [0.15, 0.2) is 0 Å². The molecule has 0 unspecified atom stereocenters. The molecule has 0 aromatic carbocycles. The van der Waals surface area contributed by atoms with Crippen LogP contribution in [0.1, 0.15) is 24.2 Å². The van der Waals surface area contributed by atoms with Crippen LogP contribution >= 0.6 is 23.2 Å². The first kappa shape index (κ1) is 15.7. The standard InChI is InChI=1S/C12H15Cl2N3O2/c1-7(2)11(18)15-3-4-16-12(19)8-5-9(13)17-10(14)6-8/h5-7H,3-4H2,1-2H3,(H,15,18)(H,16,19). The van der Waals surface area contributed by atoms with Crippen LogP contribution in [0.2, 0.25) is 10.3 Å². The first-order valence-corrected chi connectivity index (χ1v) is 6.54. The van der Waals surface area contributed by atoms with E-state index in [4.69, 9.17) is 23.2 Å². The average Bonchev–Trinajstić information content (AvgIpc) is 2.32. The zero-order valence-electron chi connectivity index (χ0n) is 10.7. The van der Waals surface area contributed by atoms with E-state index in [-0.39, 0.29) is 28.0 Å². The van der Waals surface area contributed by atoms with Crippen LogP contribution in [0.5, 0.6) is 0 Å². The van der Waals surface area contributed by atoms with E-state index in [0.717, 1.165) is 0 Å². The van der Waals surface area contributed by atoms with Crippen molar-refractivity contribution in [3.05, 3.63) is 28.0 Å². The number of amides is 2. The molecule has 5 nitrogen and oxygen atoms in total. The summed E-state index contributed by atoms with van der Waals surface area (Å²) in [6, 6.07) is 2.85. The maximum Gasteiger partial charge on any atom is 0.251 e. The zero-order valence-corrected chi connectivity index (χ0v) is 12.2. The zero-order chi connectivity index (χ0) is 14.4. The number of carbonyl (C=O) groups is 2. The number of hydrogen-bond donors (Lipinski definition) is 2. The molecule has 0 aliphatic carbocycles. The van der Waals surface area contributed by atoms with Crippen molar-refractivity contribution in [3.8, 4) is 0 Å². The van der Waals surface area contributed by atoms with E-state index in [1.165, 1.54) is 12.1 Å². The number of halogens is 2. The fraction of sp³-hybridized carbons (Fsp3) is 0.417. The molecule has 0 radical (unpaired) electrons. The Morgan fingerprint density at radius 1 is 1.16 bits per heavy atom. The molecule has 7 heteroatoms. The fourth-order valence-electron chi connectivity index (χ4n) is 1.26. The maximum atomic E-state index is 11.8. The summed E-state index contributed by atoms with van der Waals surface area (Å²) in [5.74, 6) is -0.442. The third kappa shape index (κ3) is 5.44. The van der Waals surface area contributed by atoms with Crippen LogP contribution in [0.25, 0.3) is 0 Å². The van der Waals surface area contributed by atoms with Crippen LogP contribution in [0.15, 0.2) is 12.1 Å². The van der Waals surface area contributed by atoms with Gasteiger partial charge in [-0.25, -0.2) is 4.98 Å². The molecule has 1 heterocycles. The maximum absolute atomic E-state index is 11.8. The molecule has 0 aliphatic heterocycles. The predicted octanol–water partition coefficient (Wildman–Crippen LogP) is 1.89. The lowest BCUT2D eigenvalue weighted by Crippen LogP contribution is -2.36. The molecular weight excluding hydrogens is 289 g/mol. The lowest BCUT2D eigenvalue weighted by molar-refractivity contribution is -0.123. The second-order valence-corrected chi connectivity index (χ2v) is 4.98. The van der Waals surface area contributed by atoms with Crippen LogP contribution < -0.4 is 10.6 Å². The summed E-state index contributed by atoms with van der Waals surface area (Å²) >= 11 is 11.4. The van der Waals surface area contributed by atoms with Crippen molar-refractivity contribution < 1.29 is 9.59 Å². The van der Waals surface area contributed by atoms with Gasteiger partial charge in [-0.15, -0.1) is 0 Å². The normalized spacial score (nSPS) is 10.4. The highest BCUT2D eigenvalue weighted by atomic mass is 35.5. The molecule has 1 aromatic rings. The Morgan fingerprint density at radius 3 is 2.21 bits per heavy atom. The van der Waals surface area contributed by atoms with Gasteiger partial charge in [-0.2, -0.15) is 0 Å². The molecule has 0 bridgehead atoms. The third-order valence-electron chi connectivity index (χ3n) is 2.26. The van der Waals surface area contributed by atoms with Gasteiger partial charge >= 0.3 is 0 Å². The Morgan fingerprint density at radius 2 is 1.68 bits per heavy atom. The quantitative estimate of drug-likeness (QED) is 0.644. The van der Waals surface area contributed by atoms with Gasteiger partial charge in [0.2, 0.25) is 5.91 Å². The summed E-state index contributed by atoms with van der Waals surface area (Å²) in [6.45, 7) is 4.30. The van der Waals surface area contributed by atoms with E-state index in [1.54, 1.807) is 13.8 Å². The first-order chi connectivity index (χ1) is 8.90. The molecule has 2 N–H and O–H groups in total. The van der Waals surface area contributed by atoms with Crippen LogP contribution in [-0.4, -0.2) is 29.9 Å². The highest BCUT2D eigenvalue weighted by molar-refractivity contribution is 6.33. The van der Waals surface area contributed by atoms with Crippen LogP contribution in [0, 0.1) is 5.92 Å². The number of pyridine rings is 1. The SMILES string of the molecule is CC(C)C(=O)NCCNC(=O)c1cc(Cl)nc(Cl)c1. The van der Waals surface area contributed by atoms with Crippen LogP contribution in [0.3, 0.4) is 0 Å². The molecule has 2 amide bonds. The Bertz CT molecular complexity index is 458. The van der Waals surface area contributed by atoms with Gasteiger partial charge in [0, 0.05) is 24.6 Å². The smallest absolute Gasteiger partial charge is 0.251 e. The van der Waals surface area contributed by atoms with E-state index < -0.39 is 0 Å². The predicted molar refractivity (Wildman–Crippen MR) is 74.4 cm³/mol. The number of hydrogen-bond acceptors (Lipinski definition) is 3. The Labute approximate surface area is 121 Å².